The minimum Gasteiger partial charge on any atom is -0.479 e. The van der Waals surface area contributed by atoms with Crippen LogP contribution in [0, 0.1) is 5.92 Å². The Kier molecular flexibility index (Phi) is 3.55. The highest BCUT2D eigenvalue weighted by Crippen LogP contribution is 2.30. The zero-order valence-corrected chi connectivity index (χ0v) is 7.58. The van der Waals surface area contributed by atoms with Gasteiger partial charge in [0.25, 0.3) is 0 Å². The Bertz CT molecular complexity index is 140. The van der Waals surface area contributed by atoms with Crippen molar-refractivity contribution in [1.82, 2.24) is 0 Å². The molecule has 0 saturated heterocycles. The zero-order valence-electron chi connectivity index (χ0n) is 5.87. The molecular formula is C5H11NO2S2. The fourth-order valence-corrected chi connectivity index (χ4v) is 1.55. The highest BCUT2D eigenvalue weighted by molar-refractivity contribution is 8.69. The zero-order chi connectivity index (χ0) is 8.36. The van der Waals surface area contributed by atoms with Gasteiger partial charge in [-0.25, -0.2) is 4.79 Å². The lowest BCUT2D eigenvalue weighted by molar-refractivity contribution is -0.140. The molecule has 60 valence electrons. The summed E-state index contributed by atoms with van der Waals surface area (Å²) in [5.41, 5.74) is 5.47. The van der Waals surface area contributed by atoms with Gasteiger partial charge in [-0.1, -0.05) is 24.6 Å². The summed E-state index contributed by atoms with van der Waals surface area (Å²) in [5.74, 6) is -1.16. The van der Waals surface area contributed by atoms with Gasteiger partial charge in [-0.3, -0.25) is 0 Å². The number of hydrogen-bond acceptors (Lipinski definition) is 4. The molecule has 0 radical (unpaired) electrons. The van der Waals surface area contributed by atoms with Crippen molar-refractivity contribution in [3.8, 4) is 0 Å². The van der Waals surface area contributed by atoms with Gasteiger partial charge in [-0.15, -0.1) is 11.7 Å². The SMILES string of the molecule is CC(C)C(N)(SS)C(=O)O. The van der Waals surface area contributed by atoms with Crippen molar-refractivity contribution in [2.45, 2.75) is 18.7 Å². The molecule has 0 aliphatic carbocycles. The minimum atomic E-state index is -1.26. The average Bonchev–Trinajstić information content (AvgIpc) is 1.85. The summed E-state index contributed by atoms with van der Waals surface area (Å²) in [5, 5.41) is 8.61. The standard InChI is InChI=1S/C5H11NO2S2/c1-3(2)5(6,10-9)4(7)8/h3,9H,6H2,1-2H3,(H,7,8). The quantitative estimate of drug-likeness (QED) is 0.345. The minimum absolute atomic E-state index is 0.132. The summed E-state index contributed by atoms with van der Waals surface area (Å²) in [6.07, 6.45) is 0. The average molecular weight is 181 g/mol. The third kappa shape index (κ3) is 1.81. The Hall–Kier alpha value is 0.130. The summed E-state index contributed by atoms with van der Waals surface area (Å²) < 4.78 is 0. The number of nitrogens with two attached hydrogens (primary N) is 1. The highest BCUT2D eigenvalue weighted by atomic mass is 33.1. The Morgan fingerprint density at radius 1 is 1.80 bits per heavy atom. The van der Waals surface area contributed by atoms with Crippen molar-refractivity contribution < 1.29 is 9.90 Å². The predicted molar refractivity (Wildman–Crippen MR) is 46.0 cm³/mol. The van der Waals surface area contributed by atoms with Crippen LogP contribution >= 0.6 is 22.5 Å². The first kappa shape index (κ1) is 10.1. The first-order valence-corrected chi connectivity index (χ1v) is 4.67. The molecule has 0 bridgehead atoms. The largest absolute Gasteiger partial charge is 0.479 e. The molecule has 0 rings (SSSR count). The number of hydrogen-bond donors (Lipinski definition) is 3. The van der Waals surface area contributed by atoms with Crippen molar-refractivity contribution >= 4 is 28.4 Å². The molecule has 0 amide bonds. The molecule has 0 aromatic rings. The van der Waals surface area contributed by atoms with E-state index in [-0.39, 0.29) is 5.92 Å². The second-order valence-electron chi connectivity index (χ2n) is 2.34. The van der Waals surface area contributed by atoms with Crippen molar-refractivity contribution in [1.29, 1.82) is 0 Å². The van der Waals surface area contributed by atoms with Gasteiger partial charge in [0.05, 0.1) is 0 Å². The van der Waals surface area contributed by atoms with E-state index < -0.39 is 10.8 Å². The third-order valence-corrected chi connectivity index (χ3v) is 3.20. The van der Waals surface area contributed by atoms with E-state index in [0.717, 1.165) is 10.8 Å². The molecule has 3 N–H and O–H groups in total. The van der Waals surface area contributed by atoms with Gasteiger partial charge >= 0.3 is 5.97 Å². The van der Waals surface area contributed by atoms with E-state index >= 15 is 0 Å². The van der Waals surface area contributed by atoms with Gasteiger partial charge in [0, 0.05) is 0 Å². The van der Waals surface area contributed by atoms with Crippen LogP contribution in [-0.2, 0) is 4.79 Å². The summed E-state index contributed by atoms with van der Waals surface area (Å²) in [4.78, 5) is 9.24. The van der Waals surface area contributed by atoms with Gasteiger partial charge < -0.3 is 10.8 Å². The maximum Gasteiger partial charge on any atom is 0.335 e. The van der Waals surface area contributed by atoms with E-state index in [1.165, 1.54) is 0 Å². The van der Waals surface area contributed by atoms with E-state index in [9.17, 15) is 4.79 Å². The van der Waals surface area contributed by atoms with Crippen molar-refractivity contribution in [2.24, 2.45) is 11.7 Å². The van der Waals surface area contributed by atoms with Crippen LogP contribution in [0.1, 0.15) is 13.8 Å². The van der Waals surface area contributed by atoms with Gasteiger partial charge in [0.1, 0.15) is 0 Å². The number of carboxylic acid groups (broad SMARTS) is 1. The monoisotopic (exact) mass is 181 g/mol. The molecule has 0 aliphatic rings. The van der Waals surface area contributed by atoms with Crippen LogP contribution in [0.3, 0.4) is 0 Å². The lowest BCUT2D eigenvalue weighted by Crippen LogP contribution is -2.48. The molecule has 1 atom stereocenters. The summed E-state index contributed by atoms with van der Waals surface area (Å²) in [7, 11) is 0.861. The molecule has 3 nitrogen and oxygen atoms in total. The molecule has 0 fully saturated rings. The van der Waals surface area contributed by atoms with Crippen molar-refractivity contribution in [3.63, 3.8) is 0 Å². The summed E-state index contributed by atoms with van der Waals surface area (Å²) in [6, 6.07) is 0. The first-order chi connectivity index (χ1) is 4.45. The topological polar surface area (TPSA) is 63.3 Å². The Morgan fingerprint density at radius 3 is 2.20 bits per heavy atom. The maximum absolute atomic E-state index is 10.5. The van der Waals surface area contributed by atoms with Crippen LogP contribution < -0.4 is 5.73 Å². The molecule has 1 unspecified atom stereocenters. The third-order valence-electron chi connectivity index (χ3n) is 1.34. The number of thiol groups is 1. The Labute approximate surface area is 69.2 Å². The number of carboxylic acids is 1. The molecule has 0 heterocycles. The molecule has 0 spiro atoms. The fraction of sp³-hybridized carbons (Fsp3) is 0.800. The second kappa shape index (κ2) is 3.50. The van der Waals surface area contributed by atoms with Gasteiger partial charge in [0.2, 0.25) is 0 Å². The van der Waals surface area contributed by atoms with Crippen LogP contribution in [0.5, 0.6) is 0 Å². The second-order valence-corrected chi connectivity index (χ2v) is 3.75. The van der Waals surface area contributed by atoms with Crippen LogP contribution in [-0.4, -0.2) is 15.9 Å². The number of rotatable bonds is 3. The van der Waals surface area contributed by atoms with E-state index in [0.29, 0.717) is 0 Å². The van der Waals surface area contributed by atoms with E-state index in [1.807, 2.05) is 0 Å². The lowest BCUT2D eigenvalue weighted by atomic mass is 10.1. The Balaban J connectivity index is 4.38. The van der Waals surface area contributed by atoms with E-state index in [4.69, 9.17) is 10.8 Å². The summed E-state index contributed by atoms with van der Waals surface area (Å²) >= 11 is 3.79. The number of carbonyl (C=O) groups is 1. The molecular weight excluding hydrogens is 170 g/mol. The van der Waals surface area contributed by atoms with E-state index in [2.05, 4.69) is 11.7 Å². The Morgan fingerprint density at radius 2 is 2.20 bits per heavy atom. The molecule has 0 saturated carbocycles. The van der Waals surface area contributed by atoms with Crippen molar-refractivity contribution in [3.05, 3.63) is 0 Å². The van der Waals surface area contributed by atoms with Crippen LogP contribution in [0.15, 0.2) is 0 Å². The van der Waals surface area contributed by atoms with Crippen LogP contribution in [0.2, 0.25) is 0 Å². The predicted octanol–water partition coefficient (Wildman–Crippen LogP) is 0.960. The smallest absolute Gasteiger partial charge is 0.335 e. The van der Waals surface area contributed by atoms with Crippen LogP contribution in [0.25, 0.3) is 0 Å². The molecule has 5 heteroatoms. The molecule has 0 aliphatic heterocycles. The lowest BCUT2D eigenvalue weighted by Gasteiger charge is -2.25. The molecule has 10 heavy (non-hydrogen) atoms. The van der Waals surface area contributed by atoms with E-state index in [1.54, 1.807) is 13.8 Å². The fourth-order valence-electron chi connectivity index (χ4n) is 0.391. The van der Waals surface area contributed by atoms with Crippen LogP contribution in [0.4, 0.5) is 0 Å². The van der Waals surface area contributed by atoms with Gasteiger partial charge in [-0.05, 0) is 5.92 Å². The molecule has 0 aromatic heterocycles. The molecule has 0 aromatic carbocycles. The highest BCUT2D eigenvalue weighted by Gasteiger charge is 2.37. The van der Waals surface area contributed by atoms with Gasteiger partial charge in [-0.2, -0.15) is 0 Å². The maximum atomic E-state index is 10.5. The normalized spacial score (nSPS) is 16.9. The summed E-state index contributed by atoms with van der Waals surface area (Å²) in [6.45, 7) is 3.49. The first-order valence-electron chi connectivity index (χ1n) is 2.80. The van der Waals surface area contributed by atoms with Gasteiger partial charge in [0.15, 0.2) is 4.87 Å². The van der Waals surface area contributed by atoms with Crippen molar-refractivity contribution in [2.75, 3.05) is 0 Å². The number of aliphatic carboxylic acids is 1.